The summed E-state index contributed by atoms with van der Waals surface area (Å²) in [7, 11) is -3.51. The number of rotatable bonds is 1. The van der Waals surface area contributed by atoms with Crippen molar-refractivity contribution >= 4 is 33.8 Å². The van der Waals surface area contributed by atoms with Crippen LogP contribution in [0.15, 0.2) is 10.3 Å². The first-order valence-electron chi connectivity index (χ1n) is 3.92. The average molecular weight is 255 g/mol. The highest BCUT2D eigenvalue weighted by atomic mass is 35.5. The summed E-state index contributed by atoms with van der Waals surface area (Å²) in [4.78, 5) is 1.14. The van der Waals surface area contributed by atoms with Crippen molar-refractivity contribution in [3.8, 4) is 0 Å². The standard InChI is InChI=1S/C7H10N2O2S2.ClH/c8-13(10,11)7-3-5-4-9-2-1-6(5)12-7;/h3,9H,1-2,4H2,(H2,8,10,11);1H. The van der Waals surface area contributed by atoms with E-state index in [0.29, 0.717) is 0 Å². The van der Waals surface area contributed by atoms with Gasteiger partial charge in [0.05, 0.1) is 0 Å². The van der Waals surface area contributed by atoms with Gasteiger partial charge in [-0.25, -0.2) is 13.6 Å². The maximum absolute atomic E-state index is 11.0. The minimum absolute atomic E-state index is 0. The molecule has 7 heteroatoms. The molecule has 0 amide bonds. The van der Waals surface area contributed by atoms with Gasteiger partial charge < -0.3 is 5.32 Å². The molecule has 0 aromatic carbocycles. The molecule has 1 aliphatic rings. The van der Waals surface area contributed by atoms with Crippen molar-refractivity contribution in [1.82, 2.24) is 5.32 Å². The first-order valence-corrected chi connectivity index (χ1v) is 6.29. The summed E-state index contributed by atoms with van der Waals surface area (Å²) in [5.41, 5.74) is 1.07. The topological polar surface area (TPSA) is 72.2 Å². The van der Waals surface area contributed by atoms with Gasteiger partial charge in [0.15, 0.2) is 0 Å². The van der Waals surface area contributed by atoms with Crippen LogP contribution in [0.2, 0.25) is 0 Å². The largest absolute Gasteiger partial charge is 0.312 e. The smallest absolute Gasteiger partial charge is 0.247 e. The van der Waals surface area contributed by atoms with Crippen LogP contribution in [0, 0.1) is 0 Å². The highest BCUT2D eigenvalue weighted by molar-refractivity contribution is 7.91. The van der Waals surface area contributed by atoms with Crippen LogP contribution in [-0.4, -0.2) is 15.0 Å². The lowest BCUT2D eigenvalue weighted by Gasteiger charge is -2.10. The van der Waals surface area contributed by atoms with Crippen molar-refractivity contribution in [1.29, 1.82) is 0 Å². The molecule has 14 heavy (non-hydrogen) atoms. The Hall–Kier alpha value is -0.140. The van der Waals surface area contributed by atoms with Gasteiger partial charge in [-0.1, -0.05) is 0 Å². The van der Waals surface area contributed by atoms with Crippen LogP contribution in [0.4, 0.5) is 0 Å². The van der Waals surface area contributed by atoms with Crippen LogP contribution in [0.5, 0.6) is 0 Å². The Labute approximate surface area is 93.0 Å². The molecule has 0 bridgehead atoms. The van der Waals surface area contributed by atoms with Crippen molar-refractivity contribution in [2.45, 2.75) is 17.2 Å². The molecule has 4 nitrogen and oxygen atoms in total. The predicted molar refractivity (Wildman–Crippen MR) is 58.4 cm³/mol. The Kier molecular flexibility index (Phi) is 3.54. The van der Waals surface area contributed by atoms with E-state index in [-0.39, 0.29) is 16.6 Å². The molecule has 0 saturated carbocycles. The second kappa shape index (κ2) is 4.16. The monoisotopic (exact) mass is 254 g/mol. The van der Waals surface area contributed by atoms with Gasteiger partial charge >= 0.3 is 0 Å². The maximum Gasteiger partial charge on any atom is 0.247 e. The van der Waals surface area contributed by atoms with E-state index in [1.165, 1.54) is 11.3 Å². The summed E-state index contributed by atoms with van der Waals surface area (Å²) in [6.45, 7) is 1.67. The van der Waals surface area contributed by atoms with Crippen LogP contribution in [0.1, 0.15) is 10.4 Å². The fourth-order valence-electron chi connectivity index (χ4n) is 1.37. The Morgan fingerprint density at radius 1 is 1.50 bits per heavy atom. The first kappa shape index (κ1) is 11.9. The highest BCUT2D eigenvalue weighted by Crippen LogP contribution is 2.27. The lowest BCUT2D eigenvalue weighted by atomic mass is 10.1. The summed E-state index contributed by atoms with van der Waals surface area (Å²) in [6, 6.07) is 1.67. The minimum Gasteiger partial charge on any atom is -0.312 e. The van der Waals surface area contributed by atoms with Crippen LogP contribution >= 0.6 is 23.7 Å². The fourth-order valence-corrected chi connectivity index (χ4v) is 3.35. The molecule has 0 fully saturated rings. The Morgan fingerprint density at radius 2 is 2.21 bits per heavy atom. The van der Waals surface area contributed by atoms with Crippen molar-refractivity contribution in [2.75, 3.05) is 6.54 Å². The second-order valence-corrected chi connectivity index (χ2v) is 5.91. The van der Waals surface area contributed by atoms with Gasteiger partial charge in [-0.2, -0.15) is 0 Å². The van der Waals surface area contributed by atoms with E-state index in [4.69, 9.17) is 5.14 Å². The molecular weight excluding hydrogens is 244 g/mol. The molecule has 1 aromatic heterocycles. The lowest BCUT2D eigenvalue weighted by Crippen LogP contribution is -2.21. The summed E-state index contributed by atoms with van der Waals surface area (Å²) in [5.74, 6) is 0. The van der Waals surface area contributed by atoms with Crippen molar-refractivity contribution in [2.24, 2.45) is 5.14 Å². The van der Waals surface area contributed by atoms with E-state index in [1.807, 2.05) is 0 Å². The SMILES string of the molecule is Cl.NS(=O)(=O)c1cc2c(s1)CCNC2. The minimum atomic E-state index is -3.51. The van der Waals surface area contributed by atoms with Gasteiger partial charge in [-0.15, -0.1) is 23.7 Å². The predicted octanol–water partition coefficient (Wildman–Crippen LogP) is 0.463. The summed E-state index contributed by atoms with van der Waals surface area (Å²) in [5, 5.41) is 8.21. The van der Waals surface area contributed by atoms with E-state index in [0.717, 1.165) is 30.0 Å². The molecule has 0 saturated heterocycles. The molecule has 1 aliphatic heterocycles. The second-order valence-electron chi connectivity index (χ2n) is 2.99. The molecule has 0 unspecified atom stereocenters. The highest BCUT2D eigenvalue weighted by Gasteiger charge is 2.18. The lowest BCUT2D eigenvalue weighted by molar-refractivity contribution is 0.599. The third-order valence-corrected chi connectivity index (χ3v) is 4.66. The van der Waals surface area contributed by atoms with Gasteiger partial charge in [0.25, 0.3) is 0 Å². The zero-order valence-corrected chi connectivity index (χ0v) is 9.77. The van der Waals surface area contributed by atoms with Gasteiger partial charge in [0, 0.05) is 18.0 Å². The normalized spacial score (nSPS) is 15.8. The molecule has 0 atom stereocenters. The number of sulfonamides is 1. The molecule has 1 aromatic rings. The number of thiophene rings is 1. The van der Waals surface area contributed by atoms with Gasteiger partial charge in [-0.3, -0.25) is 0 Å². The van der Waals surface area contributed by atoms with Gasteiger partial charge in [0.2, 0.25) is 10.0 Å². The van der Waals surface area contributed by atoms with E-state index in [1.54, 1.807) is 6.07 Å². The van der Waals surface area contributed by atoms with Crippen molar-refractivity contribution in [3.63, 3.8) is 0 Å². The van der Waals surface area contributed by atoms with Gasteiger partial charge in [0.1, 0.15) is 4.21 Å². The third-order valence-electron chi connectivity index (χ3n) is 2.00. The van der Waals surface area contributed by atoms with Crippen LogP contribution < -0.4 is 10.5 Å². The number of nitrogens with one attached hydrogen (secondary N) is 1. The summed E-state index contributed by atoms with van der Waals surface area (Å²) < 4.78 is 22.3. The Balaban J connectivity index is 0.000000980. The van der Waals surface area contributed by atoms with Crippen LogP contribution in [0.25, 0.3) is 0 Å². The molecule has 2 heterocycles. The Morgan fingerprint density at radius 3 is 2.79 bits per heavy atom. The van der Waals surface area contributed by atoms with Crippen molar-refractivity contribution in [3.05, 3.63) is 16.5 Å². The number of nitrogens with two attached hydrogens (primary N) is 1. The summed E-state index contributed by atoms with van der Waals surface area (Å²) >= 11 is 1.29. The molecule has 0 spiro atoms. The fraction of sp³-hybridized carbons (Fsp3) is 0.429. The van der Waals surface area contributed by atoms with Crippen LogP contribution in [-0.2, 0) is 23.0 Å². The quantitative estimate of drug-likeness (QED) is 0.765. The Bertz CT molecular complexity index is 403. The van der Waals surface area contributed by atoms with E-state index >= 15 is 0 Å². The average Bonchev–Trinajstić information content (AvgIpc) is 2.45. The van der Waals surface area contributed by atoms with E-state index in [9.17, 15) is 8.42 Å². The summed E-state index contributed by atoms with van der Waals surface area (Å²) in [6.07, 6.45) is 0.898. The molecular formula is C7H11ClN2O2S2. The van der Waals surface area contributed by atoms with Crippen molar-refractivity contribution < 1.29 is 8.42 Å². The van der Waals surface area contributed by atoms with E-state index < -0.39 is 10.0 Å². The molecule has 0 aliphatic carbocycles. The van der Waals surface area contributed by atoms with Crippen LogP contribution in [0.3, 0.4) is 0 Å². The number of hydrogen-bond donors (Lipinski definition) is 2. The zero-order chi connectivity index (χ0) is 9.47. The molecule has 3 N–H and O–H groups in total. The zero-order valence-electron chi connectivity index (χ0n) is 7.32. The maximum atomic E-state index is 11.0. The third kappa shape index (κ3) is 2.26. The van der Waals surface area contributed by atoms with Gasteiger partial charge in [-0.05, 0) is 18.1 Å². The molecule has 2 rings (SSSR count). The number of halogens is 1. The number of hydrogen-bond acceptors (Lipinski definition) is 4. The molecule has 0 radical (unpaired) electrons. The number of fused-ring (bicyclic) bond motifs is 1. The first-order chi connectivity index (χ1) is 6.07. The number of primary sulfonamides is 1. The molecule has 80 valence electrons. The van der Waals surface area contributed by atoms with E-state index in [2.05, 4.69) is 5.32 Å².